The van der Waals surface area contributed by atoms with Gasteiger partial charge in [-0.1, -0.05) is 46.9 Å². The maximum atomic E-state index is 6.06. The zero-order chi connectivity index (χ0) is 13.8. The van der Waals surface area contributed by atoms with Crippen molar-refractivity contribution >= 4 is 34.8 Å². The Hall–Kier alpha value is -0.930. The average molecular weight is 317 g/mol. The summed E-state index contributed by atoms with van der Waals surface area (Å²) in [7, 11) is 0. The molecular formula is C14H12Cl3NO. The van der Waals surface area contributed by atoms with E-state index in [1.807, 2.05) is 24.3 Å². The van der Waals surface area contributed by atoms with Crippen molar-refractivity contribution in [3.8, 4) is 11.5 Å². The predicted molar refractivity (Wildman–Crippen MR) is 80.7 cm³/mol. The number of hydrogen-bond donors (Lipinski definition) is 1. The van der Waals surface area contributed by atoms with Crippen LogP contribution in [0.5, 0.6) is 11.5 Å². The monoisotopic (exact) mass is 315 g/mol. The molecule has 0 saturated heterocycles. The van der Waals surface area contributed by atoms with E-state index in [9.17, 15) is 0 Å². The van der Waals surface area contributed by atoms with Crippen LogP contribution in [-0.4, -0.2) is 6.54 Å². The molecule has 2 rings (SSSR count). The minimum Gasteiger partial charge on any atom is -0.456 e. The van der Waals surface area contributed by atoms with E-state index >= 15 is 0 Å². The lowest BCUT2D eigenvalue weighted by atomic mass is 10.1. The van der Waals surface area contributed by atoms with Crippen molar-refractivity contribution in [2.75, 3.05) is 6.54 Å². The first-order valence-electron chi connectivity index (χ1n) is 5.71. The second-order valence-corrected chi connectivity index (χ2v) is 5.21. The lowest BCUT2D eigenvalue weighted by Crippen LogP contribution is -2.02. The quantitative estimate of drug-likeness (QED) is 0.811. The van der Waals surface area contributed by atoms with Crippen LogP contribution in [0.1, 0.15) is 5.56 Å². The Bertz CT molecular complexity index is 587. The summed E-state index contributed by atoms with van der Waals surface area (Å²) < 4.78 is 5.72. The maximum Gasteiger partial charge on any atom is 0.147 e. The fraction of sp³-hybridized carbons (Fsp3) is 0.143. The van der Waals surface area contributed by atoms with E-state index in [0.29, 0.717) is 33.1 Å². The van der Waals surface area contributed by atoms with Gasteiger partial charge in [0.1, 0.15) is 11.5 Å². The van der Waals surface area contributed by atoms with E-state index in [1.54, 1.807) is 12.1 Å². The minimum absolute atomic E-state index is 0.399. The van der Waals surface area contributed by atoms with Gasteiger partial charge in [-0.15, -0.1) is 0 Å². The minimum atomic E-state index is 0.399. The summed E-state index contributed by atoms with van der Waals surface area (Å²) in [5, 5.41) is 1.22. The number of benzene rings is 2. The van der Waals surface area contributed by atoms with Gasteiger partial charge in [-0.05, 0) is 36.7 Å². The Labute approximate surface area is 127 Å². The molecule has 2 N–H and O–H groups in total. The van der Waals surface area contributed by atoms with Gasteiger partial charge in [0.25, 0.3) is 0 Å². The first kappa shape index (κ1) is 14.5. The molecule has 19 heavy (non-hydrogen) atoms. The smallest absolute Gasteiger partial charge is 0.147 e. The van der Waals surface area contributed by atoms with Gasteiger partial charge >= 0.3 is 0 Å². The van der Waals surface area contributed by atoms with Gasteiger partial charge < -0.3 is 10.5 Å². The third kappa shape index (κ3) is 3.77. The molecule has 0 spiro atoms. The summed E-state index contributed by atoms with van der Waals surface area (Å²) in [6.45, 7) is 0.594. The highest BCUT2D eigenvalue weighted by Crippen LogP contribution is 2.36. The van der Waals surface area contributed by atoms with Crippen LogP contribution in [0.2, 0.25) is 15.1 Å². The average Bonchev–Trinajstić information content (AvgIpc) is 2.37. The van der Waals surface area contributed by atoms with Gasteiger partial charge in [-0.25, -0.2) is 0 Å². The fourth-order valence-corrected chi connectivity index (χ4v) is 2.22. The molecule has 0 aromatic heterocycles. The first-order chi connectivity index (χ1) is 9.10. The molecule has 2 nitrogen and oxygen atoms in total. The Morgan fingerprint density at radius 3 is 2.42 bits per heavy atom. The Morgan fingerprint density at radius 1 is 0.947 bits per heavy atom. The normalized spacial score (nSPS) is 10.5. The maximum absolute atomic E-state index is 6.06. The van der Waals surface area contributed by atoms with Gasteiger partial charge in [-0.2, -0.15) is 0 Å². The van der Waals surface area contributed by atoms with Gasteiger partial charge in [0.05, 0.1) is 15.1 Å². The van der Waals surface area contributed by atoms with Crippen LogP contribution in [0, 0.1) is 0 Å². The van der Waals surface area contributed by atoms with Crippen molar-refractivity contribution in [1.82, 2.24) is 0 Å². The number of rotatable bonds is 4. The standard InChI is InChI=1S/C14H12Cl3NO/c15-11-7-13(17)14(8-12(11)16)19-10-3-1-2-9(6-10)4-5-18/h1-3,6-8H,4-5,18H2. The van der Waals surface area contributed by atoms with Crippen LogP contribution in [0.15, 0.2) is 36.4 Å². The van der Waals surface area contributed by atoms with Gasteiger partial charge in [0.15, 0.2) is 0 Å². The zero-order valence-corrected chi connectivity index (χ0v) is 12.3. The fourth-order valence-electron chi connectivity index (χ4n) is 1.64. The van der Waals surface area contributed by atoms with Crippen LogP contribution in [-0.2, 0) is 6.42 Å². The molecule has 5 heteroatoms. The molecule has 2 aromatic carbocycles. The van der Waals surface area contributed by atoms with Crippen molar-refractivity contribution in [1.29, 1.82) is 0 Å². The van der Waals surface area contributed by atoms with Crippen molar-refractivity contribution in [3.63, 3.8) is 0 Å². The van der Waals surface area contributed by atoms with Crippen LogP contribution >= 0.6 is 34.8 Å². The molecule has 0 bridgehead atoms. The van der Waals surface area contributed by atoms with E-state index in [4.69, 9.17) is 45.3 Å². The van der Waals surface area contributed by atoms with Crippen LogP contribution in [0.25, 0.3) is 0 Å². The molecule has 0 aliphatic rings. The molecule has 0 aliphatic carbocycles. The lowest BCUT2D eigenvalue weighted by molar-refractivity contribution is 0.482. The molecule has 0 saturated carbocycles. The third-order valence-electron chi connectivity index (χ3n) is 2.53. The zero-order valence-electron chi connectivity index (χ0n) is 10.00. The molecule has 0 radical (unpaired) electrons. The number of ether oxygens (including phenoxy) is 1. The van der Waals surface area contributed by atoms with Gasteiger partial charge in [-0.3, -0.25) is 0 Å². The molecule has 100 valence electrons. The summed E-state index contributed by atoms with van der Waals surface area (Å²) in [4.78, 5) is 0. The molecule has 0 amide bonds. The summed E-state index contributed by atoms with van der Waals surface area (Å²) >= 11 is 17.9. The second-order valence-electron chi connectivity index (χ2n) is 3.98. The molecule has 0 atom stereocenters. The summed E-state index contributed by atoms with van der Waals surface area (Å²) in [6.07, 6.45) is 0.798. The van der Waals surface area contributed by atoms with Crippen molar-refractivity contribution in [2.24, 2.45) is 5.73 Å². The highest BCUT2D eigenvalue weighted by Gasteiger charge is 2.08. The summed E-state index contributed by atoms with van der Waals surface area (Å²) in [5.41, 5.74) is 6.64. The van der Waals surface area contributed by atoms with Gasteiger partial charge in [0.2, 0.25) is 0 Å². The summed E-state index contributed by atoms with van der Waals surface area (Å²) in [5.74, 6) is 1.16. The van der Waals surface area contributed by atoms with Crippen molar-refractivity contribution in [3.05, 3.63) is 57.0 Å². The number of halogens is 3. The van der Waals surface area contributed by atoms with E-state index in [-0.39, 0.29) is 0 Å². The molecular weight excluding hydrogens is 305 g/mol. The Kier molecular flexibility index (Phi) is 4.94. The Balaban J connectivity index is 2.25. The molecule has 2 aromatic rings. The molecule has 0 aliphatic heterocycles. The van der Waals surface area contributed by atoms with Crippen LogP contribution in [0.4, 0.5) is 0 Å². The summed E-state index contributed by atoms with van der Waals surface area (Å²) in [6, 6.07) is 10.8. The number of nitrogens with two attached hydrogens (primary N) is 1. The molecule has 0 fully saturated rings. The largest absolute Gasteiger partial charge is 0.456 e. The van der Waals surface area contributed by atoms with E-state index in [1.165, 1.54) is 0 Å². The topological polar surface area (TPSA) is 35.2 Å². The second kappa shape index (κ2) is 6.49. The van der Waals surface area contributed by atoms with Crippen molar-refractivity contribution < 1.29 is 4.74 Å². The number of hydrogen-bond acceptors (Lipinski definition) is 2. The van der Waals surface area contributed by atoms with Crippen LogP contribution < -0.4 is 10.5 Å². The third-order valence-corrected chi connectivity index (χ3v) is 3.55. The highest BCUT2D eigenvalue weighted by atomic mass is 35.5. The van der Waals surface area contributed by atoms with Gasteiger partial charge in [0, 0.05) is 6.07 Å². The van der Waals surface area contributed by atoms with E-state index in [2.05, 4.69) is 0 Å². The predicted octanol–water partition coefficient (Wildman–Crippen LogP) is 4.94. The molecule has 0 heterocycles. The first-order valence-corrected chi connectivity index (χ1v) is 6.85. The van der Waals surface area contributed by atoms with E-state index < -0.39 is 0 Å². The SMILES string of the molecule is NCCc1cccc(Oc2cc(Cl)c(Cl)cc2Cl)c1. The molecule has 0 unspecified atom stereocenters. The van der Waals surface area contributed by atoms with Crippen molar-refractivity contribution in [2.45, 2.75) is 6.42 Å². The van der Waals surface area contributed by atoms with Crippen LogP contribution in [0.3, 0.4) is 0 Å². The van der Waals surface area contributed by atoms with E-state index in [0.717, 1.165) is 12.0 Å². The lowest BCUT2D eigenvalue weighted by Gasteiger charge is -2.10. The highest BCUT2D eigenvalue weighted by molar-refractivity contribution is 6.43. The Morgan fingerprint density at radius 2 is 1.68 bits per heavy atom.